The van der Waals surface area contributed by atoms with Crippen LogP contribution in [0.2, 0.25) is 0 Å². The molecule has 0 spiro atoms. The Hall–Kier alpha value is -1.61. The van der Waals surface area contributed by atoms with Crippen molar-refractivity contribution in [1.82, 2.24) is 5.32 Å². The smallest absolute Gasteiger partial charge is 0.248 e. The van der Waals surface area contributed by atoms with E-state index in [0.717, 1.165) is 12.0 Å². The molecule has 92 valence electrons. The third-order valence-electron chi connectivity index (χ3n) is 2.36. The minimum Gasteiger partial charge on any atom is -0.364 e. The Morgan fingerprint density at radius 3 is 2.82 bits per heavy atom. The second kappa shape index (κ2) is 7.63. The van der Waals surface area contributed by atoms with Gasteiger partial charge in [-0.25, -0.2) is 0 Å². The van der Waals surface area contributed by atoms with Crippen LogP contribution in [0.5, 0.6) is 0 Å². The highest BCUT2D eigenvalue weighted by Crippen LogP contribution is 2.03. The minimum atomic E-state index is -0.431. The molecule has 1 unspecified atom stereocenters. The summed E-state index contributed by atoms with van der Waals surface area (Å²) >= 11 is 0. The molecule has 1 atom stereocenters. The van der Waals surface area contributed by atoms with Crippen LogP contribution in [-0.2, 0) is 16.1 Å². The molecular formula is C14H19NO2. The van der Waals surface area contributed by atoms with Gasteiger partial charge < -0.3 is 10.1 Å². The number of benzene rings is 1. The highest BCUT2D eigenvalue weighted by Gasteiger charge is 2.11. The standard InChI is InChI=1S/C14H19NO2/c1-3-4-10-15-14(16)12(2)17-11-13-8-6-5-7-9-13/h3,5-9,12H,1,4,10-11H2,2H3,(H,15,16). The molecule has 0 aromatic heterocycles. The van der Waals surface area contributed by atoms with Crippen LogP contribution in [0, 0.1) is 0 Å². The number of carbonyl (C=O) groups excluding carboxylic acids is 1. The molecule has 1 aromatic rings. The molecule has 0 aliphatic rings. The molecule has 0 fully saturated rings. The van der Waals surface area contributed by atoms with Gasteiger partial charge in [-0.1, -0.05) is 36.4 Å². The summed E-state index contributed by atoms with van der Waals surface area (Å²) in [6.45, 7) is 6.42. The molecule has 0 saturated heterocycles. The first-order valence-electron chi connectivity index (χ1n) is 5.78. The van der Waals surface area contributed by atoms with Crippen LogP contribution in [-0.4, -0.2) is 18.6 Å². The highest BCUT2D eigenvalue weighted by molar-refractivity contribution is 5.80. The zero-order valence-corrected chi connectivity index (χ0v) is 10.2. The van der Waals surface area contributed by atoms with Crippen LogP contribution in [0.15, 0.2) is 43.0 Å². The van der Waals surface area contributed by atoms with Gasteiger partial charge in [-0.2, -0.15) is 0 Å². The van der Waals surface area contributed by atoms with E-state index in [9.17, 15) is 4.79 Å². The maximum Gasteiger partial charge on any atom is 0.248 e. The molecule has 0 saturated carbocycles. The van der Waals surface area contributed by atoms with Crippen molar-refractivity contribution in [3.63, 3.8) is 0 Å². The van der Waals surface area contributed by atoms with Crippen molar-refractivity contribution in [2.75, 3.05) is 6.54 Å². The maximum absolute atomic E-state index is 11.6. The Morgan fingerprint density at radius 2 is 2.18 bits per heavy atom. The summed E-state index contributed by atoms with van der Waals surface area (Å²) in [5.41, 5.74) is 1.07. The predicted octanol–water partition coefficient (Wildman–Crippen LogP) is 2.28. The molecule has 0 aliphatic heterocycles. The van der Waals surface area contributed by atoms with Gasteiger partial charge in [-0.05, 0) is 18.9 Å². The number of hydrogen-bond donors (Lipinski definition) is 1. The van der Waals surface area contributed by atoms with E-state index in [0.29, 0.717) is 13.2 Å². The fourth-order valence-corrected chi connectivity index (χ4v) is 1.31. The van der Waals surface area contributed by atoms with Gasteiger partial charge in [0, 0.05) is 6.54 Å². The lowest BCUT2D eigenvalue weighted by Crippen LogP contribution is -2.34. The third kappa shape index (κ3) is 5.31. The molecular weight excluding hydrogens is 214 g/mol. The molecule has 0 bridgehead atoms. The van der Waals surface area contributed by atoms with Gasteiger partial charge >= 0.3 is 0 Å². The first kappa shape index (κ1) is 13.5. The van der Waals surface area contributed by atoms with Crippen LogP contribution in [0.25, 0.3) is 0 Å². The maximum atomic E-state index is 11.6. The summed E-state index contributed by atoms with van der Waals surface area (Å²) < 4.78 is 5.48. The second-order valence-corrected chi connectivity index (χ2v) is 3.81. The molecule has 1 rings (SSSR count). The molecule has 3 nitrogen and oxygen atoms in total. The van der Waals surface area contributed by atoms with E-state index in [2.05, 4.69) is 11.9 Å². The normalized spacial score (nSPS) is 11.8. The average Bonchev–Trinajstić information content (AvgIpc) is 2.37. The predicted molar refractivity (Wildman–Crippen MR) is 68.5 cm³/mol. The van der Waals surface area contributed by atoms with Crippen molar-refractivity contribution in [2.45, 2.75) is 26.1 Å². The Bertz CT molecular complexity index is 348. The summed E-state index contributed by atoms with van der Waals surface area (Å²) in [6.07, 6.45) is 2.12. The number of carbonyl (C=O) groups is 1. The SMILES string of the molecule is C=CCCNC(=O)C(C)OCc1ccccc1. The lowest BCUT2D eigenvalue weighted by Gasteiger charge is -2.12. The highest BCUT2D eigenvalue weighted by atomic mass is 16.5. The summed E-state index contributed by atoms with van der Waals surface area (Å²) in [5, 5.41) is 2.78. The van der Waals surface area contributed by atoms with E-state index in [1.165, 1.54) is 0 Å². The Kier molecular flexibility index (Phi) is 6.04. The first-order valence-corrected chi connectivity index (χ1v) is 5.78. The molecule has 1 amide bonds. The summed E-state index contributed by atoms with van der Waals surface area (Å²) in [4.78, 5) is 11.6. The van der Waals surface area contributed by atoms with E-state index < -0.39 is 6.10 Å². The quantitative estimate of drug-likeness (QED) is 0.579. The van der Waals surface area contributed by atoms with E-state index in [1.807, 2.05) is 30.3 Å². The number of amides is 1. The van der Waals surface area contributed by atoms with Crippen LogP contribution < -0.4 is 5.32 Å². The van der Waals surface area contributed by atoms with Crippen LogP contribution in [0.1, 0.15) is 18.9 Å². The van der Waals surface area contributed by atoms with E-state index in [1.54, 1.807) is 13.0 Å². The van der Waals surface area contributed by atoms with Crippen molar-refractivity contribution >= 4 is 5.91 Å². The van der Waals surface area contributed by atoms with Gasteiger partial charge in [-0.15, -0.1) is 6.58 Å². The lowest BCUT2D eigenvalue weighted by atomic mass is 10.2. The lowest BCUT2D eigenvalue weighted by molar-refractivity contribution is -0.132. The minimum absolute atomic E-state index is 0.0808. The molecule has 0 aliphatic carbocycles. The summed E-state index contributed by atoms with van der Waals surface area (Å²) in [6, 6.07) is 9.81. The fourth-order valence-electron chi connectivity index (χ4n) is 1.31. The van der Waals surface area contributed by atoms with Gasteiger partial charge in [0.25, 0.3) is 0 Å². The van der Waals surface area contributed by atoms with Crippen LogP contribution in [0.4, 0.5) is 0 Å². The van der Waals surface area contributed by atoms with Crippen molar-refractivity contribution in [2.24, 2.45) is 0 Å². The first-order chi connectivity index (χ1) is 8.24. The monoisotopic (exact) mass is 233 g/mol. The van der Waals surface area contributed by atoms with Crippen LogP contribution in [0.3, 0.4) is 0 Å². The molecule has 1 aromatic carbocycles. The fraction of sp³-hybridized carbons (Fsp3) is 0.357. The molecule has 3 heteroatoms. The van der Waals surface area contributed by atoms with Gasteiger partial charge in [0.2, 0.25) is 5.91 Å². The number of hydrogen-bond acceptors (Lipinski definition) is 2. The van der Waals surface area contributed by atoms with Crippen LogP contribution >= 0.6 is 0 Å². The largest absolute Gasteiger partial charge is 0.364 e. The van der Waals surface area contributed by atoms with Crippen molar-refractivity contribution < 1.29 is 9.53 Å². The molecule has 0 radical (unpaired) electrons. The van der Waals surface area contributed by atoms with Crippen molar-refractivity contribution in [3.8, 4) is 0 Å². The van der Waals surface area contributed by atoms with Crippen molar-refractivity contribution in [3.05, 3.63) is 48.6 Å². The summed E-state index contributed by atoms with van der Waals surface area (Å²) in [5.74, 6) is -0.0808. The third-order valence-corrected chi connectivity index (χ3v) is 2.36. The van der Waals surface area contributed by atoms with Gasteiger partial charge in [0.05, 0.1) is 6.61 Å². The molecule has 1 N–H and O–H groups in total. The van der Waals surface area contributed by atoms with E-state index >= 15 is 0 Å². The number of nitrogens with one attached hydrogen (secondary N) is 1. The second-order valence-electron chi connectivity index (χ2n) is 3.81. The summed E-state index contributed by atoms with van der Waals surface area (Å²) in [7, 11) is 0. The van der Waals surface area contributed by atoms with Gasteiger partial charge in [-0.3, -0.25) is 4.79 Å². The Labute approximate surface area is 102 Å². The van der Waals surface area contributed by atoms with E-state index in [4.69, 9.17) is 4.74 Å². The van der Waals surface area contributed by atoms with Gasteiger partial charge in [0.15, 0.2) is 0 Å². The average molecular weight is 233 g/mol. The number of rotatable bonds is 7. The molecule has 17 heavy (non-hydrogen) atoms. The Morgan fingerprint density at radius 1 is 1.47 bits per heavy atom. The zero-order chi connectivity index (χ0) is 12.5. The van der Waals surface area contributed by atoms with Crippen molar-refractivity contribution in [1.29, 1.82) is 0 Å². The zero-order valence-electron chi connectivity index (χ0n) is 10.2. The topological polar surface area (TPSA) is 38.3 Å². The van der Waals surface area contributed by atoms with Gasteiger partial charge in [0.1, 0.15) is 6.10 Å². The number of ether oxygens (including phenoxy) is 1. The Balaban J connectivity index is 2.26. The molecule has 0 heterocycles. The van der Waals surface area contributed by atoms with E-state index in [-0.39, 0.29) is 5.91 Å².